The van der Waals surface area contributed by atoms with Gasteiger partial charge in [-0.3, -0.25) is 0 Å². The molecule has 0 atom stereocenters. The van der Waals surface area contributed by atoms with Gasteiger partial charge in [0.2, 0.25) is 0 Å². The van der Waals surface area contributed by atoms with Crippen LogP contribution in [0, 0.1) is 5.41 Å². The van der Waals surface area contributed by atoms with Crippen molar-refractivity contribution in [2.75, 3.05) is 27.8 Å². The number of hydrogen-bond donors (Lipinski definition) is 2. The Balaban J connectivity index is -0.00000000964. The summed E-state index contributed by atoms with van der Waals surface area (Å²) >= 11 is 0. The third-order valence-corrected chi connectivity index (χ3v) is 0.258. The number of aliphatic hydroxyl groups is 2. The molecule has 0 spiro atoms. The highest BCUT2D eigenvalue weighted by Gasteiger charge is 1.95. The zero-order valence-electron chi connectivity index (χ0n) is 19.6. The lowest BCUT2D eigenvalue weighted by Gasteiger charge is -2.05. The van der Waals surface area contributed by atoms with Crippen LogP contribution >= 0.6 is 0 Å². The molecule has 4 heteroatoms. The lowest BCUT2D eigenvalue weighted by atomic mass is 10.0. The molecule has 0 aromatic rings. The van der Waals surface area contributed by atoms with Crippen molar-refractivity contribution in [1.82, 2.24) is 0 Å². The molecule has 2 N–H and O–H groups in total. The molecule has 0 amide bonds. The number of rotatable bonds is 2. The average molecular weight is 411 g/mol. The van der Waals surface area contributed by atoms with Crippen molar-refractivity contribution < 1.29 is 19.7 Å². The van der Waals surface area contributed by atoms with E-state index >= 15 is 0 Å². The lowest BCUT2D eigenvalue weighted by Crippen LogP contribution is -1.93. The molecule has 0 aliphatic rings. The molecule has 0 saturated heterocycles. The molecule has 0 unspecified atom stereocenters. The van der Waals surface area contributed by atoms with Crippen molar-refractivity contribution in [2.24, 2.45) is 5.41 Å². The summed E-state index contributed by atoms with van der Waals surface area (Å²) in [5.41, 5.74) is 0.500. The normalized spacial score (nSPS) is 5.56. The number of methoxy groups -OCH3 is 2. The Labute approximate surface area is 180 Å². The topological polar surface area (TPSA) is 58.9 Å². The number of hydrogen-bond acceptors (Lipinski definition) is 4. The molecule has 0 bridgehead atoms. The Kier molecular flexibility index (Phi) is 496. The Morgan fingerprint density at radius 2 is 0.519 bits per heavy atom. The fourth-order valence-corrected chi connectivity index (χ4v) is 0. The maximum Gasteiger partial charge on any atom is 0.143 e. The van der Waals surface area contributed by atoms with Crippen LogP contribution in [0.25, 0.3) is 0 Å². The van der Waals surface area contributed by atoms with Gasteiger partial charge in [0.05, 0.1) is 0 Å². The highest BCUT2D eigenvalue weighted by molar-refractivity contribution is 4.47. The van der Waals surface area contributed by atoms with Gasteiger partial charge in [-0.1, -0.05) is 127 Å². The average Bonchev–Trinajstić information content (AvgIpc) is 2.62. The van der Waals surface area contributed by atoms with E-state index in [1.807, 2.05) is 69.2 Å². The van der Waals surface area contributed by atoms with Crippen molar-refractivity contribution in [3.63, 3.8) is 0 Å². The molecule has 0 aromatic carbocycles. The summed E-state index contributed by atoms with van der Waals surface area (Å²) in [5, 5.41) is 15.3. The van der Waals surface area contributed by atoms with Crippen molar-refractivity contribution in [3.05, 3.63) is 0 Å². The van der Waals surface area contributed by atoms with Gasteiger partial charge in [0, 0.05) is 14.2 Å². The molecule has 0 aliphatic carbocycles. The van der Waals surface area contributed by atoms with E-state index in [1.165, 1.54) is 14.2 Å². The van der Waals surface area contributed by atoms with Gasteiger partial charge in [0.25, 0.3) is 0 Å². The summed E-state index contributed by atoms with van der Waals surface area (Å²) < 4.78 is 8.19. The van der Waals surface area contributed by atoms with Gasteiger partial charge in [-0.2, -0.15) is 0 Å². The Morgan fingerprint density at radius 3 is 0.519 bits per heavy atom. The van der Waals surface area contributed by atoms with Gasteiger partial charge < -0.3 is 19.7 Å². The van der Waals surface area contributed by atoms with Gasteiger partial charge in [-0.25, -0.2) is 0 Å². The first-order valence-corrected chi connectivity index (χ1v) is 9.03. The summed E-state index contributed by atoms with van der Waals surface area (Å²) in [6, 6.07) is 0. The molecular weight excluding hydrogens is 340 g/mol. The minimum absolute atomic E-state index is 0. The minimum Gasteiger partial charge on any atom is -0.371 e. The van der Waals surface area contributed by atoms with Crippen molar-refractivity contribution in [2.45, 2.75) is 127 Å². The summed E-state index contributed by atoms with van der Waals surface area (Å²) in [6.07, 6.45) is 0. The molecule has 0 rings (SSSR count). The van der Waals surface area contributed by atoms with E-state index in [-0.39, 0.29) is 43.3 Å². The van der Waals surface area contributed by atoms with E-state index in [1.54, 1.807) is 0 Å². The van der Waals surface area contributed by atoms with Gasteiger partial charge in [0.1, 0.15) is 13.6 Å². The minimum atomic E-state index is -0.181. The van der Waals surface area contributed by atoms with Gasteiger partial charge >= 0.3 is 0 Å². The summed E-state index contributed by atoms with van der Waals surface area (Å²) in [7, 11) is 2.86. The van der Waals surface area contributed by atoms with Gasteiger partial charge in [-0.15, -0.1) is 0 Å². The number of aliphatic hydroxyl groups excluding tert-OH is 2. The molecule has 4 nitrogen and oxygen atoms in total. The van der Waals surface area contributed by atoms with E-state index in [9.17, 15) is 0 Å². The molecule has 186 valence electrons. The lowest BCUT2D eigenvalue weighted by molar-refractivity contribution is 0.0322. The van der Waals surface area contributed by atoms with E-state index < -0.39 is 0 Å². The summed E-state index contributed by atoms with van der Waals surface area (Å²) in [5.74, 6) is 0. The molecule has 0 saturated carbocycles. The van der Waals surface area contributed by atoms with Gasteiger partial charge in [-0.05, 0) is 5.41 Å². The zero-order valence-corrected chi connectivity index (χ0v) is 19.6. The molecule has 0 heterocycles. The smallest absolute Gasteiger partial charge is 0.143 e. The SMILES string of the molecule is C.C.C.C.CC.CC.CC.CC.CC.CC(C)(C)C.COCO.COCO. The maximum absolute atomic E-state index is 7.65. The predicted molar refractivity (Wildman–Crippen MR) is 137 cm³/mol. The van der Waals surface area contributed by atoms with Crippen LogP contribution in [0.3, 0.4) is 0 Å². The first-order chi connectivity index (χ1) is 10.8. The molecule has 27 heavy (non-hydrogen) atoms. The van der Waals surface area contributed by atoms with Crippen LogP contribution in [0.5, 0.6) is 0 Å². The molecule has 0 aromatic heterocycles. The van der Waals surface area contributed by atoms with E-state index in [0.717, 1.165) is 0 Å². The van der Waals surface area contributed by atoms with Crippen molar-refractivity contribution >= 4 is 0 Å². The monoisotopic (exact) mass is 411 g/mol. The predicted octanol–water partition coefficient (Wildman–Crippen LogP) is 8.89. The standard InChI is InChI=1S/C5H12.2C2H6O2.5C2H6.4CH4/c1-5(2,3)4;2*1-4-2-3;5*1-2;;;;/h1-4H3;2*3H,2H2,1H3;5*1-2H3;4*1H4. The van der Waals surface area contributed by atoms with Crippen LogP contribution in [-0.2, 0) is 9.47 Å². The first-order valence-electron chi connectivity index (χ1n) is 9.03. The van der Waals surface area contributed by atoms with Crippen LogP contribution in [-0.4, -0.2) is 38.0 Å². The molecule has 0 fully saturated rings. The molecular formula is C23H70O4. The highest BCUT2D eigenvalue weighted by Crippen LogP contribution is 2.08. The van der Waals surface area contributed by atoms with Crippen molar-refractivity contribution in [1.29, 1.82) is 0 Å². The Morgan fingerprint density at radius 1 is 0.481 bits per heavy atom. The largest absolute Gasteiger partial charge is 0.371 e. The van der Waals surface area contributed by atoms with Crippen LogP contribution < -0.4 is 0 Å². The second-order valence-corrected chi connectivity index (χ2v) is 3.84. The second-order valence-electron chi connectivity index (χ2n) is 3.84. The second kappa shape index (κ2) is 165. The zero-order chi connectivity index (χ0) is 21.3. The van der Waals surface area contributed by atoms with Crippen LogP contribution in [0.1, 0.15) is 127 Å². The van der Waals surface area contributed by atoms with E-state index in [2.05, 4.69) is 37.2 Å². The maximum atomic E-state index is 7.65. The summed E-state index contributed by atoms with van der Waals surface area (Å²) in [6.45, 7) is 28.4. The fraction of sp³-hybridized carbons (Fsp3) is 1.00. The summed E-state index contributed by atoms with van der Waals surface area (Å²) in [4.78, 5) is 0. The van der Waals surface area contributed by atoms with E-state index in [0.29, 0.717) is 5.41 Å². The molecule has 0 aliphatic heterocycles. The Bertz CT molecular complexity index is 59.3. The first kappa shape index (κ1) is 81.4. The fourth-order valence-electron chi connectivity index (χ4n) is 0. The Hall–Kier alpha value is -0.160. The van der Waals surface area contributed by atoms with Crippen LogP contribution in [0.4, 0.5) is 0 Å². The van der Waals surface area contributed by atoms with Gasteiger partial charge in [0.15, 0.2) is 0 Å². The molecule has 0 radical (unpaired) electrons. The highest BCUT2D eigenvalue weighted by atomic mass is 16.6. The quantitative estimate of drug-likeness (QED) is 0.446. The number of ether oxygens (including phenoxy) is 2. The van der Waals surface area contributed by atoms with Crippen LogP contribution in [0.2, 0.25) is 0 Å². The van der Waals surface area contributed by atoms with Crippen molar-refractivity contribution in [3.8, 4) is 0 Å². The van der Waals surface area contributed by atoms with Crippen LogP contribution in [0.15, 0.2) is 0 Å². The third-order valence-electron chi connectivity index (χ3n) is 0.258. The van der Waals surface area contributed by atoms with E-state index in [4.69, 9.17) is 10.2 Å². The third kappa shape index (κ3) is 4340.